The Labute approximate surface area is 81.5 Å². The average molecular weight is 200 g/mol. The predicted molar refractivity (Wildman–Crippen MR) is 54.7 cm³/mol. The van der Waals surface area contributed by atoms with Gasteiger partial charge < -0.3 is 0 Å². The van der Waals surface area contributed by atoms with Crippen LogP contribution in [-0.4, -0.2) is 22.5 Å². The second-order valence-corrected chi connectivity index (χ2v) is 3.84. The van der Waals surface area contributed by atoms with E-state index >= 15 is 0 Å². The summed E-state index contributed by atoms with van der Waals surface area (Å²) in [6.45, 7) is 10.7. The molecule has 0 aromatic heterocycles. The molecule has 1 unspecified atom stereocenters. The third kappa shape index (κ3) is 4.89. The van der Waals surface area contributed by atoms with Crippen molar-refractivity contribution in [1.29, 1.82) is 0 Å². The van der Waals surface area contributed by atoms with Gasteiger partial charge in [0.15, 0.2) is 0 Å². The molecule has 0 rings (SSSR count). The quantitative estimate of drug-likeness (QED) is 0.499. The SMILES string of the molecule is CC(C)N(C(C)C)C(C)Cl.Cl. The van der Waals surface area contributed by atoms with Gasteiger partial charge in [0.05, 0.1) is 5.50 Å². The summed E-state index contributed by atoms with van der Waals surface area (Å²) >= 11 is 5.96. The molecule has 0 aromatic rings. The first-order valence-corrected chi connectivity index (χ1v) is 4.32. The molecule has 0 N–H and O–H groups in total. The summed E-state index contributed by atoms with van der Waals surface area (Å²) in [4.78, 5) is 2.27. The summed E-state index contributed by atoms with van der Waals surface area (Å²) < 4.78 is 0. The highest BCUT2D eigenvalue weighted by atomic mass is 35.5. The third-order valence-electron chi connectivity index (χ3n) is 1.60. The van der Waals surface area contributed by atoms with Crippen molar-refractivity contribution in [2.24, 2.45) is 0 Å². The molecule has 3 heteroatoms. The van der Waals surface area contributed by atoms with Crippen LogP contribution in [0.4, 0.5) is 0 Å². The molecule has 0 saturated carbocycles. The average Bonchev–Trinajstić information content (AvgIpc) is 1.59. The van der Waals surface area contributed by atoms with Crippen molar-refractivity contribution in [3.63, 3.8) is 0 Å². The van der Waals surface area contributed by atoms with Gasteiger partial charge in [-0.15, -0.1) is 24.0 Å². The zero-order valence-electron chi connectivity index (χ0n) is 7.97. The first-order valence-electron chi connectivity index (χ1n) is 3.88. The number of rotatable bonds is 3. The first-order chi connectivity index (χ1) is 4.46. The van der Waals surface area contributed by atoms with Crippen molar-refractivity contribution in [2.45, 2.75) is 52.2 Å². The van der Waals surface area contributed by atoms with E-state index in [0.717, 1.165) is 0 Å². The van der Waals surface area contributed by atoms with E-state index in [2.05, 4.69) is 32.6 Å². The molecular weight excluding hydrogens is 181 g/mol. The van der Waals surface area contributed by atoms with Crippen molar-refractivity contribution in [3.05, 3.63) is 0 Å². The van der Waals surface area contributed by atoms with Gasteiger partial charge in [-0.2, -0.15) is 0 Å². The van der Waals surface area contributed by atoms with Gasteiger partial charge in [-0.05, 0) is 34.6 Å². The molecule has 11 heavy (non-hydrogen) atoms. The third-order valence-corrected chi connectivity index (χ3v) is 1.83. The van der Waals surface area contributed by atoms with E-state index in [0.29, 0.717) is 12.1 Å². The van der Waals surface area contributed by atoms with Crippen LogP contribution in [0.25, 0.3) is 0 Å². The summed E-state index contributed by atoms with van der Waals surface area (Å²) in [5.41, 5.74) is 0.139. The molecule has 0 bridgehead atoms. The van der Waals surface area contributed by atoms with Crippen LogP contribution in [0.5, 0.6) is 0 Å². The highest BCUT2D eigenvalue weighted by Gasteiger charge is 2.17. The van der Waals surface area contributed by atoms with Gasteiger partial charge >= 0.3 is 0 Å². The fourth-order valence-electron chi connectivity index (χ4n) is 1.42. The maximum absolute atomic E-state index is 5.96. The van der Waals surface area contributed by atoms with E-state index in [1.807, 2.05) is 6.92 Å². The minimum atomic E-state index is 0. The van der Waals surface area contributed by atoms with Crippen LogP contribution in [0.3, 0.4) is 0 Å². The van der Waals surface area contributed by atoms with Crippen LogP contribution >= 0.6 is 24.0 Å². The first kappa shape index (κ1) is 14.1. The molecule has 0 amide bonds. The van der Waals surface area contributed by atoms with Gasteiger partial charge in [0.25, 0.3) is 0 Å². The Morgan fingerprint density at radius 3 is 1.18 bits per heavy atom. The molecule has 1 nitrogen and oxygen atoms in total. The fraction of sp³-hybridized carbons (Fsp3) is 1.00. The van der Waals surface area contributed by atoms with Crippen LogP contribution in [0, 0.1) is 0 Å². The highest BCUT2D eigenvalue weighted by Crippen LogP contribution is 2.12. The van der Waals surface area contributed by atoms with Crippen LogP contribution in [0.2, 0.25) is 0 Å². The minimum absolute atomic E-state index is 0. The largest absolute Gasteiger partial charge is 0.283 e. The van der Waals surface area contributed by atoms with Gasteiger partial charge in [0.1, 0.15) is 0 Å². The Hall–Kier alpha value is 0.540. The van der Waals surface area contributed by atoms with Crippen molar-refractivity contribution >= 4 is 24.0 Å². The monoisotopic (exact) mass is 199 g/mol. The summed E-state index contributed by atoms with van der Waals surface area (Å²) in [6.07, 6.45) is 0. The van der Waals surface area contributed by atoms with Gasteiger partial charge in [-0.3, -0.25) is 4.90 Å². The fourth-order valence-corrected chi connectivity index (χ4v) is 1.87. The van der Waals surface area contributed by atoms with Gasteiger partial charge in [-0.25, -0.2) is 0 Å². The van der Waals surface area contributed by atoms with Crippen molar-refractivity contribution in [1.82, 2.24) is 4.90 Å². The molecule has 1 atom stereocenters. The maximum atomic E-state index is 5.96. The minimum Gasteiger partial charge on any atom is -0.283 e. The lowest BCUT2D eigenvalue weighted by Crippen LogP contribution is -2.40. The molecule has 0 saturated heterocycles. The number of hydrogen-bond acceptors (Lipinski definition) is 1. The lowest BCUT2D eigenvalue weighted by atomic mass is 10.2. The summed E-state index contributed by atoms with van der Waals surface area (Å²) in [5, 5.41) is 0. The summed E-state index contributed by atoms with van der Waals surface area (Å²) in [7, 11) is 0. The Morgan fingerprint density at radius 1 is 0.909 bits per heavy atom. The highest BCUT2D eigenvalue weighted by molar-refractivity contribution is 6.20. The second kappa shape index (κ2) is 6.10. The normalized spacial score (nSPS) is 13.9. The van der Waals surface area contributed by atoms with E-state index in [1.54, 1.807) is 0 Å². The zero-order chi connectivity index (χ0) is 8.31. The second-order valence-electron chi connectivity index (χ2n) is 3.21. The van der Waals surface area contributed by atoms with Crippen molar-refractivity contribution in [3.8, 4) is 0 Å². The summed E-state index contributed by atoms with van der Waals surface area (Å²) in [6, 6.07) is 1.07. The number of nitrogens with zero attached hydrogens (tertiary/aromatic N) is 1. The van der Waals surface area contributed by atoms with E-state index < -0.39 is 0 Å². The molecule has 70 valence electrons. The molecular formula is C8H19Cl2N. The number of halogens is 2. The Bertz CT molecular complexity index is 73.1. The Balaban J connectivity index is 0. The van der Waals surface area contributed by atoms with Crippen LogP contribution < -0.4 is 0 Å². The molecule has 0 fully saturated rings. The van der Waals surface area contributed by atoms with Crippen LogP contribution in [-0.2, 0) is 0 Å². The standard InChI is InChI=1S/C8H18ClN.ClH/c1-6(2)10(7(3)4)8(5)9;/h6-8H,1-5H3;1H. The predicted octanol–water partition coefficient (Wildman–Crippen LogP) is 3.11. The molecule has 0 radical (unpaired) electrons. The Kier molecular flexibility index (Phi) is 7.81. The van der Waals surface area contributed by atoms with Gasteiger partial charge in [0.2, 0.25) is 0 Å². The number of alkyl halides is 1. The van der Waals surface area contributed by atoms with E-state index in [4.69, 9.17) is 11.6 Å². The van der Waals surface area contributed by atoms with E-state index in [-0.39, 0.29) is 17.9 Å². The van der Waals surface area contributed by atoms with E-state index in [9.17, 15) is 0 Å². The summed E-state index contributed by atoms with van der Waals surface area (Å²) in [5.74, 6) is 0. The van der Waals surface area contributed by atoms with Crippen molar-refractivity contribution in [2.75, 3.05) is 0 Å². The van der Waals surface area contributed by atoms with Crippen molar-refractivity contribution < 1.29 is 0 Å². The van der Waals surface area contributed by atoms with Gasteiger partial charge in [-0.1, -0.05) is 0 Å². The molecule has 0 aliphatic heterocycles. The van der Waals surface area contributed by atoms with Crippen LogP contribution in [0.1, 0.15) is 34.6 Å². The maximum Gasteiger partial charge on any atom is 0.0826 e. The molecule has 0 aromatic carbocycles. The van der Waals surface area contributed by atoms with Crippen LogP contribution in [0.15, 0.2) is 0 Å². The number of hydrogen-bond donors (Lipinski definition) is 0. The lowest BCUT2D eigenvalue weighted by Gasteiger charge is -2.32. The lowest BCUT2D eigenvalue weighted by molar-refractivity contribution is 0.164. The Morgan fingerprint density at radius 2 is 1.18 bits per heavy atom. The molecule has 0 heterocycles. The molecule has 0 aliphatic rings. The topological polar surface area (TPSA) is 3.24 Å². The van der Waals surface area contributed by atoms with E-state index in [1.165, 1.54) is 0 Å². The molecule has 0 spiro atoms. The smallest absolute Gasteiger partial charge is 0.0826 e. The zero-order valence-corrected chi connectivity index (χ0v) is 9.54. The molecule has 0 aliphatic carbocycles. The van der Waals surface area contributed by atoms with Gasteiger partial charge in [0, 0.05) is 12.1 Å².